The second-order valence-corrected chi connectivity index (χ2v) is 9.44. The van der Waals surface area contributed by atoms with Gasteiger partial charge in [-0.05, 0) is 69.4 Å². The third-order valence-electron chi connectivity index (χ3n) is 5.88. The highest BCUT2D eigenvalue weighted by Crippen LogP contribution is 2.48. The van der Waals surface area contributed by atoms with Gasteiger partial charge >= 0.3 is 0 Å². The van der Waals surface area contributed by atoms with Crippen molar-refractivity contribution in [2.24, 2.45) is 5.10 Å². The van der Waals surface area contributed by atoms with E-state index in [0.717, 1.165) is 28.4 Å². The molecule has 1 heterocycles. The predicted molar refractivity (Wildman–Crippen MR) is 115 cm³/mol. The zero-order valence-corrected chi connectivity index (χ0v) is 18.1. The average Bonchev–Trinajstić information content (AvgIpc) is 2.53. The molecule has 2 aromatic carbocycles. The topological polar surface area (TPSA) is 18.8 Å². The monoisotopic (exact) mass is 417 g/mol. The van der Waals surface area contributed by atoms with Gasteiger partial charge in [-0.3, -0.25) is 0 Å². The van der Waals surface area contributed by atoms with Crippen LogP contribution in [0.3, 0.4) is 0 Å². The maximum absolute atomic E-state index is 13.8. The van der Waals surface area contributed by atoms with Gasteiger partial charge in [0.05, 0.1) is 5.02 Å². The Morgan fingerprint density at radius 3 is 2.43 bits per heavy atom. The van der Waals surface area contributed by atoms with E-state index >= 15 is 0 Å². The summed E-state index contributed by atoms with van der Waals surface area (Å²) in [5, 5.41) is 5.37. The van der Waals surface area contributed by atoms with Crippen LogP contribution >= 0.6 is 23.5 Å². The van der Waals surface area contributed by atoms with Gasteiger partial charge in [-0.1, -0.05) is 29.3 Å². The molecule has 1 saturated carbocycles. The number of hydrogen-bond acceptors (Lipinski definition) is 3. The fourth-order valence-corrected chi connectivity index (χ4v) is 5.12. The Bertz CT molecular complexity index is 880. The first-order valence-corrected chi connectivity index (χ1v) is 10.8. The first-order chi connectivity index (χ1) is 13.4. The van der Waals surface area contributed by atoms with E-state index in [4.69, 9.17) is 16.7 Å². The lowest BCUT2D eigenvalue weighted by atomic mass is 9.67. The van der Waals surface area contributed by atoms with E-state index in [9.17, 15) is 4.39 Å². The van der Waals surface area contributed by atoms with E-state index in [1.807, 2.05) is 18.4 Å². The normalized spacial score (nSPS) is 18.0. The molecular formula is C22H25ClFN3S. The fourth-order valence-electron chi connectivity index (χ4n) is 4.11. The van der Waals surface area contributed by atoms with Crippen molar-refractivity contribution in [1.29, 1.82) is 0 Å². The Morgan fingerprint density at radius 2 is 1.89 bits per heavy atom. The molecule has 0 unspecified atom stereocenters. The Morgan fingerprint density at radius 1 is 1.18 bits per heavy atom. The number of benzene rings is 2. The minimum Gasteiger partial charge on any atom is -0.349 e. The van der Waals surface area contributed by atoms with Crippen molar-refractivity contribution < 1.29 is 4.39 Å². The van der Waals surface area contributed by atoms with E-state index in [2.05, 4.69) is 36.1 Å². The number of amidine groups is 1. The number of nitrogens with zero attached hydrogens (tertiary/aromatic N) is 3. The molecule has 0 amide bonds. The zero-order chi connectivity index (χ0) is 19.9. The summed E-state index contributed by atoms with van der Waals surface area (Å²) in [6.07, 6.45) is 4.84. The van der Waals surface area contributed by atoms with Crippen LogP contribution < -0.4 is 0 Å². The summed E-state index contributed by atoms with van der Waals surface area (Å²) >= 11 is 8.07. The summed E-state index contributed by atoms with van der Waals surface area (Å²) in [4.78, 5) is 3.51. The van der Waals surface area contributed by atoms with Crippen LogP contribution in [0.25, 0.3) is 0 Å². The summed E-state index contributed by atoms with van der Waals surface area (Å²) in [6.45, 7) is 4.95. The maximum atomic E-state index is 13.8. The molecular weight excluding hydrogens is 393 g/mol. The van der Waals surface area contributed by atoms with Crippen LogP contribution in [0.4, 0.5) is 4.39 Å². The predicted octanol–water partition coefficient (Wildman–Crippen LogP) is 6.03. The van der Waals surface area contributed by atoms with Gasteiger partial charge in [0.25, 0.3) is 0 Å². The molecule has 28 heavy (non-hydrogen) atoms. The molecule has 2 aromatic rings. The number of hydrazone groups is 1. The van der Waals surface area contributed by atoms with E-state index in [-0.39, 0.29) is 11.4 Å². The van der Waals surface area contributed by atoms with Gasteiger partial charge in [-0.2, -0.15) is 0 Å². The largest absolute Gasteiger partial charge is 0.349 e. The van der Waals surface area contributed by atoms with Gasteiger partial charge < -0.3 is 4.90 Å². The molecule has 0 aromatic heterocycles. The standard InChI is InChI=1S/C22H25ClFN3S/c1-15-5-7-18(8-6-15)28-26(3)25-21(27-12-11-22(27)9-4-10-22)20-16(2)13-17(24)14-19(20)23/h5-8,13-14H,4,9-12H2,1-3H3/b25-21+. The molecule has 0 atom stereocenters. The lowest BCUT2D eigenvalue weighted by molar-refractivity contribution is -0.0159. The minimum atomic E-state index is -0.310. The van der Waals surface area contributed by atoms with Crippen LogP contribution in [-0.2, 0) is 0 Å². The van der Waals surface area contributed by atoms with Crippen molar-refractivity contribution >= 4 is 29.4 Å². The average molecular weight is 418 g/mol. The molecule has 2 aliphatic rings. The number of aryl methyl sites for hydroxylation is 2. The zero-order valence-electron chi connectivity index (χ0n) is 16.5. The number of halogens is 2. The highest BCUT2D eigenvalue weighted by atomic mass is 35.5. The second-order valence-electron chi connectivity index (χ2n) is 7.85. The lowest BCUT2D eigenvalue weighted by Crippen LogP contribution is -2.66. The minimum absolute atomic E-state index is 0.221. The van der Waals surface area contributed by atoms with Gasteiger partial charge in [-0.15, -0.1) is 5.10 Å². The maximum Gasteiger partial charge on any atom is 0.159 e. The first kappa shape index (κ1) is 19.6. The quantitative estimate of drug-likeness (QED) is 0.262. The van der Waals surface area contributed by atoms with Crippen LogP contribution in [0.1, 0.15) is 42.4 Å². The highest BCUT2D eigenvalue weighted by Gasteiger charge is 2.51. The number of rotatable bonds is 4. The van der Waals surface area contributed by atoms with E-state index in [1.165, 1.54) is 43.4 Å². The van der Waals surface area contributed by atoms with Crippen LogP contribution in [0.5, 0.6) is 0 Å². The van der Waals surface area contributed by atoms with Gasteiger partial charge in [0, 0.05) is 41.5 Å². The molecule has 0 bridgehead atoms. The molecule has 1 spiro atoms. The van der Waals surface area contributed by atoms with E-state index < -0.39 is 0 Å². The van der Waals surface area contributed by atoms with Gasteiger partial charge in [0.2, 0.25) is 0 Å². The van der Waals surface area contributed by atoms with Crippen molar-refractivity contribution in [3.05, 3.63) is 63.9 Å². The van der Waals surface area contributed by atoms with E-state index in [1.54, 1.807) is 11.9 Å². The first-order valence-electron chi connectivity index (χ1n) is 9.69. The van der Waals surface area contributed by atoms with Crippen molar-refractivity contribution in [2.75, 3.05) is 13.6 Å². The third kappa shape index (κ3) is 3.62. The SMILES string of the molecule is Cc1ccc(SN(C)/N=C(\c2c(C)cc(F)cc2Cl)N2CCC23CCC3)cc1. The van der Waals surface area contributed by atoms with Crippen LogP contribution in [0.2, 0.25) is 5.02 Å². The van der Waals surface area contributed by atoms with E-state index in [0.29, 0.717) is 5.02 Å². The molecule has 2 fully saturated rings. The Labute approximate surface area is 175 Å². The lowest BCUT2D eigenvalue weighted by Gasteiger charge is -2.60. The van der Waals surface area contributed by atoms with Crippen molar-refractivity contribution in [3.63, 3.8) is 0 Å². The summed E-state index contributed by atoms with van der Waals surface area (Å²) in [5.74, 6) is 0.547. The molecule has 1 aliphatic carbocycles. The molecule has 148 valence electrons. The van der Waals surface area contributed by atoms with Crippen LogP contribution in [0.15, 0.2) is 46.4 Å². The van der Waals surface area contributed by atoms with Gasteiger partial charge in [-0.25, -0.2) is 8.80 Å². The molecule has 0 radical (unpaired) electrons. The van der Waals surface area contributed by atoms with Crippen LogP contribution in [0, 0.1) is 19.7 Å². The summed E-state index contributed by atoms with van der Waals surface area (Å²) in [6, 6.07) is 11.3. The Balaban J connectivity index is 1.69. The Kier molecular flexibility index (Phi) is 5.32. The third-order valence-corrected chi connectivity index (χ3v) is 7.01. The summed E-state index contributed by atoms with van der Waals surface area (Å²) < 4.78 is 15.7. The van der Waals surface area contributed by atoms with Crippen LogP contribution in [-0.4, -0.2) is 34.3 Å². The van der Waals surface area contributed by atoms with Gasteiger partial charge in [0.1, 0.15) is 5.82 Å². The molecule has 3 nitrogen and oxygen atoms in total. The molecule has 0 N–H and O–H groups in total. The highest BCUT2D eigenvalue weighted by molar-refractivity contribution is 7.97. The number of hydrogen-bond donors (Lipinski definition) is 0. The second kappa shape index (κ2) is 7.60. The molecule has 4 rings (SSSR count). The van der Waals surface area contributed by atoms with Crippen molar-refractivity contribution in [3.8, 4) is 0 Å². The summed E-state index contributed by atoms with van der Waals surface area (Å²) in [7, 11) is 1.95. The molecule has 1 saturated heterocycles. The van der Waals surface area contributed by atoms with Crippen molar-refractivity contribution in [2.45, 2.75) is 50.0 Å². The van der Waals surface area contributed by atoms with Crippen molar-refractivity contribution in [1.82, 2.24) is 9.31 Å². The Hall–Kier alpha value is -1.72. The smallest absolute Gasteiger partial charge is 0.159 e. The number of likely N-dealkylation sites (tertiary alicyclic amines) is 1. The van der Waals surface area contributed by atoms with Gasteiger partial charge in [0.15, 0.2) is 5.84 Å². The molecule has 6 heteroatoms. The fraction of sp³-hybridized carbons (Fsp3) is 0.409. The molecule has 1 aliphatic heterocycles. The summed E-state index contributed by atoms with van der Waals surface area (Å²) in [5.41, 5.74) is 3.11.